The van der Waals surface area contributed by atoms with E-state index in [1.54, 1.807) is 4.90 Å². The second kappa shape index (κ2) is 6.78. The molecular weight excluding hydrogens is 374 g/mol. The van der Waals surface area contributed by atoms with E-state index >= 15 is 0 Å². The number of fused-ring (bicyclic) bond motifs is 1. The number of aromatic amines is 1. The molecule has 1 amide bonds. The molecule has 132 valence electrons. The van der Waals surface area contributed by atoms with Crippen molar-refractivity contribution in [3.63, 3.8) is 0 Å². The van der Waals surface area contributed by atoms with Gasteiger partial charge in [0.25, 0.3) is 5.91 Å². The van der Waals surface area contributed by atoms with Crippen molar-refractivity contribution in [1.82, 2.24) is 9.88 Å². The summed E-state index contributed by atoms with van der Waals surface area (Å²) in [5.74, 6) is -0.978. The van der Waals surface area contributed by atoms with Gasteiger partial charge in [0.2, 0.25) is 0 Å². The van der Waals surface area contributed by atoms with Gasteiger partial charge in [0.1, 0.15) is 5.82 Å². The molecular formula is C20H15Cl2FN2O. The second-order valence-electron chi connectivity index (χ2n) is 6.19. The Morgan fingerprint density at radius 1 is 1.12 bits per heavy atom. The lowest BCUT2D eigenvalue weighted by molar-refractivity contribution is 0.0768. The summed E-state index contributed by atoms with van der Waals surface area (Å²) in [6.07, 6.45) is 4.62. The van der Waals surface area contributed by atoms with Crippen LogP contribution in [0.5, 0.6) is 0 Å². The van der Waals surface area contributed by atoms with Crippen molar-refractivity contribution in [3.05, 3.63) is 75.7 Å². The molecule has 0 bridgehead atoms. The van der Waals surface area contributed by atoms with Crippen molar-refractivity contribution < 1.29 is 9.18 Å². The summed E-state index contributed by atoms with van der Waals surface area (Å²) in [7, 11) is 0. The largest absolute Gasteiger partial charge is 0.359 e. The Labute approximate surface area is 160 Å². The fraction of sp³-hybridized carbons (Fsp3) is 0.150. The van der Waals surface area contributed by atoms with Gasteiger partial charge in [0, 0.05) is 30.2 Å². The van der Waals surface area contributed by atoms with Gasteiger partial charge in [-0.05, 0) is 30.2 Å². The number of para-hydroxylation sites is 1. The summed E-state index contributed by atoms with van der Waals surface area (Å²) in [5.41, 5.74) is 3.06. The van der Waals surface area contributed by atoms with Gasteiger partial charge in [0.05, 0.1) is 21.1 Å². The number of hydrogen-bond acceptors (Lipinski definition) is 1. The van der Waals surface area contributed by atoms with Crippen LogP contribution in [0, 0.1) is 5.82 Å². The summed E-state index contributed by atoms with van der Waals surface area (Å²) in [4.78, 5) is 17.5. The van der Waals surface area contributed by atoms with E-state index < -0.39 is 5.82 Å². The zero-order chi connectivity index (χ0) is 18.3. The van der Waals surface area contributed by atoms with E-state index in [9.17, 15) is 9.18 Å². The molecule has 6 heteroatoms. The van der Waals surface area contributed by atoms with E-state index in [2.05, 4.69) is 4.98 Å². The van der Waals surface area contributed by atoms with E-state index in [4.69, 9.17) is 23.2 Å². The zero-order valence-electron chi connectivity index (χ0n) is 13.7. The molecule has 3 nitrogen and oxygen atoms in total. The number of nitrogens with zero attached hydrogens (tertiary/aromatic N) is 1. The van der Waals surface area contributed by atoms with E-state index in [1.165, 1.54) is 18.2 Å². The monoisotopic (exact) mass is 388 g/mol. The number of benzene rings is 2. The lowest BCUT2D eigenvalue weighted by Gasteiger charge is -2.27. The Balaban J connectivity index is 1.60. The van der Waals surface area contributed by atoms with Crippen LogP contribution in [0.2, 0.25) is 10.0 Å². The third-order valence-electron chi connectivity index (χ3n) is 4.68. The summed E-state index contributed by atoms with van der Waals surface area (Å²) < 4.78 is 14.0. The van der Waals surface area contributed by atoms with Gasteiger partial charge >= 0.3 is 0 Å². The predicted molar refractivity (Wildman–Crippen MR) is 103 cm³/mol. The van der Waals surface area contributed by atoms with Crippen LogP contribution in [0.4, 0.5) is 4.39 Å². The molecule has 4 rings (SSSR count). The standard InChI is InChI=1S/C20H15Cl2FN2O/c21-15-4-2-6-17(23)18(15)20(26)25-9-7-12(8-10-25)14-11-24-19-13(14)3-1-5-16(19)22/h1-7,11,24H,8-10H2. The van der Waals surface area contributed by atoms with Crippen molar-refractivity contribution >= 4 is 45.6 Å². The van der Waals surface area contributed by atoms with Crippen LogP contribution in [-0.2, 0) is 0 Å². The minimum Gasteiger partial charge on any atom is -0.359 e. The first kappa shape index (κ1) is 17.1. The maximum Gasteiger partial charge on any atom is 0.258 e. The predicted octanol–water partition coefficient (Wildman–Crippen LogP) is 5.54. The molecule has 0 saturated heterocycles. The third-order valence-corrected chi connectivity index (χ3v) is 5.31. The van der Waals surface area contributed by atoms with Crippen molar-refractivity contribution in [2.75, 3.05) is 13.1 Å². The van der Waals surface area contributed by atoms with Gasteiger partial charge in [-0.15, -0.1) is 0 Å². The molecule has 0 radical (unpaired) electrons. The summed E-state index contributed by atoms with van der Waals surface area (Å²) in [5, 5.41) is 1.87. The molecule has 26 heavy (non-hydrogen) atoms. The maximum atomic E-state index is 14.0. The van der Waals surface area contributed by atoms with E-state index in [-0.39, 0.29) is 16.5 Å². The molecule has 2 aromatic carbocycles. The highest BCUT2D eigenvalue weighted by atomic mass is 35.5. The molecule has 0 saturated carbocycles. The van der Waals surface area contributed by atoms with Gasteiger partial charge < -0.3 is 9.88 Å². The quantitative estimate of drug-likeness (QED) is 0.614. The highest BCUT2D eigenvalue weighted by Crippen LogP contribution is 2.32. The van der Waals surface area contributed by atoms with E-state index in [0.29, 0.717) is 24.5 Å². The minimum atomic E-state index is -0.594. The van der Waals surface area contributed by atoms with Crippen LogP contribution in [-0.4, -0.2) is 28.9 Å². The number of H-pyrrole nitrogens is 1. The highest BCUT2D eigenvalue weighted by Gasteiger charge is 2.24. The Bertz CT molecular complexity index is 1020. The van der Waals surface area contributed by atoms with Gasteiger partial charge in [-0.1, -0.05) is 47.5 Å². The fourth-order valence-electron chi connectivity index (χ4n) is 3.34. The summed E-state index contributed by atoms with van der Waals surface area (Å²) in [6.45, 7) is 0.911. The molecule has 1 aliphatic heterocycles. The van der Waals surface area contributed by atoms with Crippen LogP contribution in [0.25, 0.3) is 16.5 Å². The number of halogens is 3. The van der Waals surface area contributed by atoms with Crippen molar-refractivity contribution in [1.29, 1.82) is 0 Å². The average Bonchev–Trinajstić information content (AvgIpc) is 3.07. The Morgan fingerprint density at radius 3 is 2.62 bits per heavy atom. The van der Waals surface area contributed by atoms with E-state index in [1.807, 2.05) is 30.5 Å². The SMILES string of the molecule is O=C(c1c(F)cccc1Cl)N1CC=C(c2c[nH]c3c(Cl)cccc23)CC1. The van der Waals surface area contributed by atoms with Crippen molar-refractivity contribution in [3.8, 4) is 0 Å². The third kappa shape index (κ3) is 2.89. The lowest BCUT2D eigenvalue weighted by atomic mass is 9.98. The average molecular weight is 389 g/mol. The first-order chi connectivity index (χ1) is 12.6. The number of carbonyl (C=O) groups excluding carboxylic acids is 1. The van der Waals surface area contributed by atoms with Gasteiger partial charge in [0.15, 0.2) is 0 Å². The number of hydrogen-bond donors (Lipinski definition) is 1. The van der Waals surface area contributed by atoms with Crippen LogP contribution in [0.1, 0.15) is 22.3 Å². The zero-order valence-corrected chi connectivity index (χ0v) is 15.2. The Kier molecular flexibility index (Phi) is 4.47. The minimum absolute atomic E-state index is 0.0649. The van der Waals surface area contributed by atoms with Crippen molar-refractivity contribution in [2.24, 2.45) is 0 Å². The molecule has 0 atom stereocenters. The van der Waals surface area contributed by atoms with Gasteiger partial charge in [-0.3, -0.25) is 4.79 Å². The van der Waals surface area contributed by atoms with Crippen LogP contribution in [0.15, 0.2) is 48.7 Å². The van der Waals surface area contributed by atoms with Crippen LogP contribution >= 0.6 is 23.2 Å². The number of aromatic nitrogens is 1. The summed E-state index contributed by atoms with van der Waals surface area (Å²) >= 11 is 12.2. The molecule has 1 aromatic heterocycles. The normalized spacial score (nSPS) is 14.6. The molecule has 3 aromatic rings. The van der Waals surface area contributed by atoms with Crippen LogP contribution in [0.3, 0.4) is 0 Å². The lowest BCUT2D eigenvalue weighted by Crippen LogP contribution is -2.35. The van der Waals surface area contributed by atoms with Crippen LogP contribution < -0.4 is 0 Å². The molecule has 2 heterocycles. The number of carbonyl (C=O) groups is 1. The van der Waals surface area contributed by atoms with E-state index in [0.717, 1.165) is 22.0 Å². The molecule has 0 aliphatic carbocycles. The summed E-state index contributed by atoms with van der Waals surface area (Å²) in [6, 6.07) is 10.0. The fourth-order valence-corrected chi connectivity index (χ4v) is 3.81. The van der Waals surface area contributed by atoms with Gasteiger partial charge in [-0.25, -0.2) is 4.39 Å². The maximum absolute atomic E-state index is 14.0. The highest BCUT2D eigenvalue weighted by molar-refractivity contribution is 6.35. The molecule has 1 aliphatic rings. The molecule has 0 spiro atoms. The molecule has 1 N–H and O–H groups in total. The topological polar surface area (TPSA) is 36.1 Å². The van der Waals surface area contributed by atoms with Gasteiger partial charge in [-0.2, -0.15) is 0 Å². The number of nitrogens with one attached hydrogen (secondary N) is 1. The number of rotatable bonds is 2. The smallest absolute Gasteiger partial charge is 0.258 e. The number of amides is 1. The molecule has 0 unspecified atom stereocenters. The Hall–Kier alpha value is -2.30. The second-order valence-corrected chi connectivity index (χ2v) is 7.01. The van der Waals surface area contributed by atoms with Crippen molar-refractivity contribution in [2.45, 2.75) is 6.42 Å². The first-order valence-electron chi connectivity index (χ1n) is 8.24. The first-order valence-corrected chi connectivity index (χ1v) is 9.00. The Morgan fingerprint density at radius 2 is 1.88 bits per heavy atom. The molecule has 0 fully saturated rings.